The van der Waals surface area contributed by atoms with Crippen molar-refractivity contribution in [2.45, 2.75) is 26.5 Å². The molecule has 0 spiro atoms. The van der Waals surface area contributed by atoms with Crippen molar-refractivity contribution in [1.29, 1.82) is 0 Å². The molecule has 0 aliphatic heterocycles. The normalized spacial score (nSPS) is 12.0. The van der Waals surface area contributed by atoms with Crippen LogP contribution in [-0.4, -0.2) is 24.2 Å². The number of hydrogen-bond donors (Lipinski definition) is 2. The van der Waals surface area contributed by atoms with Crippen LogP contribution in [0.3, 0.4) is 0 Å². The molecule has 0 aromatic heterocycles. The van der Waals surface area contributed by atoms with E-state index >= 15 is 0 Å². The Morgan fingerprint density at radius 1 is 1.56 bits per heavy atom. The largest absolute Gasteiger partial charge is 0.496 e. The molecular formula is C12H17NO3. The first-order valence-electron chi connectivity index (χ1n) is 5.14. The predicted octanol–water partition coefficient (Wildman–Crippen LogP) is 1.00. The van der Waals surface area contributed by atoms with E-state index in [9.17, 15) is 4.79 Å². The summed E-state index contributed by atoms with van der Waals surface area (Å²) in [6, 6.07) is 5.69. The maximum atomic E-state index is 11.1. The van der Waals surface area contributed by atoms with Crippen LogP contribution in [0, 0.1) is 6.92 Å². The number of aliphatic hydroxyl groups is 1. The van der Waals surface area contributed by atoms with Crippen LogP contribution in [0.15, 0.2) is 18.2 Å². The number of nitrogens with one attached hydrogen (secondary N) is 1. The second-order valence-corrected chi connectivity index (χ2v) is 3.70. The number of amides is 1. The molecule has 0 saturated carbocycles. The molecule has 0 aliphatic carbocycles. The van der Waals surface area contributed by atoms with Crippen molar-refractivity contribution in [3.05, 3.63) is 29.3 Å². The number of carbonyl (C=O) groups excluding carboxylic acids is 1. The van der Waals surface area contributed by atoms with Gasteiger partial charge in [0, 0.05) is 6.54 Å². The molecule has 4 nitrogen and oxygen atoms in total. The van der Waals surface area contributed by atoms with Gasteiger partial charge in [-0.2, -0.15) is 0 Å². The van der Waals surface area contributed by atoms with Crippen molar-refractivity contribution >= 4 is 5.91 Å². The van der Waals surface area contributed by atoms with Gasteiger partial charge >= 0.3 is 0 Å². The average Bonchev–Trinajstić information content (AvgIpc) is 2.25. The Labute approximate surface area is 95.2 Å². The number of hydrogen-bond acceptors (Lipinski definition) is 3. The molecule has 2 N–H and O–H groups in total. The summed E-state index contributed by atoms with van der Waals surface area (Å²) in [7, 11) is 1.62. The van der Waals surface area contributed by atoms with Crippen LogP contribution in [0.4, 0.5) is 0 Å². The molecule has 1 amide bonds. The van der Waals surface area contributed by atoms with Crippen molar-refractivity contribution in [3.8, 4) is 5.75 Å². The van der Waals surface area contributed by atoms with Gasteiger partial charge in [0.1, 0.15) is 11.9 Å². The number of carbonyl (C=O) groups is 1. The monoisotopic (exact) mass is 223 g/mol. The van der Waals surface area contributed by atoms with E-state index in [1.165, 1.54) is 6.92 Å². The van der Waals surface area contributed by atoms with Crippen LogP contribution >= 0.6 is 0 Å². The lowest BCUT2D eigenvalue weighted by atomic mass is 10.1. The topological polar surface area (TPSA) is 58.6 Å². The third-order valence-electron chi connectivity index (χ3n) is 2.31. The molecule has 0 bridgehead atoms. The summed E-state index contributed by atoms with van der Waals surface area (Å²) < 4.78 is 5.14. The molecule has 16 heavy (non-hydrogen) atoms. The smallest absolute Gasteiger partial charge is 0.248 e. The van der Waals surface area contributed by atoms with E-state index in [1.54, 1.807) is 7.11 Å². The molecule has 1 aromatic rings. The van der Waals surface area contributed by atoms with E-state index in [1.807, 2.05) is 25.1 Å². The molecule has 1 atom stereocenters. The quantitative estimate of drug-likeness (QED) is 0.800. The highest BCUT2D eigenvalue weighted by atomic mass is 16.5. The maximum absolute atomic E-state index is 11.1. The Bertz CT molecular complexity index is 375. The summed E-state index contributed by atoms with van der Waals surface area (Å²) in [5.41, 5.74) is 2.00. The Morgan fingerprint density at radius 3 is 2.75 bits per heavy atom. The number of rotatable bonds is 4. The van der Waals surface area contributed by atoms with E-state index in [4.69, 9.17) is 9.84 Å². The highest BCUT2D eigenvalue weighted by Crippen LogP contribution is 2.18. The fourth-order valence-corrected chi connectivity index (χ4v) is 1.39. The lowest BCUT2D eigenvalue weighted by Gasteiger charge is -2.09. The molecule has 1 unspecified atom stereocenters. The molecular weight excluding hydrogens is 206 g/mol. The zero-order valence-electron chi connectivity index (χ0n) is 9.78. The van der Waals surface area contributed by atoms with Gasteiger partial charge < -0.3 is 15.2 Å². The zero-order chi connectivity index (χ0) is 12.1. The number of ether oxygens (including phenoxy) is 1. The summed E-state index contributed by atoms with van der Waals surface area (Å²) in [4.78, 5) is 11.1. The SMILES string of the molecule is COc1ccc(CNC(=O)C(C)O)cc1C. The van der Waals surface area contributed by atoms with Gasteiger partial charge in [0.2, 0.25) is 5.91 Å². The first-order chi connectivity index (χ1) is 7.54. The molecule has 0 saturated heterocycles. The van der Waals surface area contributed by atoms with Gasteiger partial charge in [-0.05, 0) is 31.0 Å². The van der Waals surface area contributed by atoms with E-state index in [2.05, 4.69) is 5.32 Å². The van der Waals surface area contributed by atoms with Crippen LogP contribution in [0.5, 0.6) is 5.75 Å². The van der Waals surface area contributed by atoms with Crippen molar-refractivity contribution in [1.82, 2.24) is 5.32 Å². The summed E-state index contributed by atoms with van der Waals surface area (Å²) in [5, 5.41) is 11.6. The molecule has 1 rings (SSSR count). The standard InChI is InChI=1S/C12H17NO3/c1-8-6-10(4-5-11(8)16-3)7-13-12(15)9(2)14/h4-6,9,14H,7H2,1-3H3,(H,13,15). The van der Waals surface area contributed by atoms with E-state index in [0.717, 1.165) is 16.9 Å². The highest BCUT2D eigenvalue weighted by Gasteiger charge is 2.07. The van der Waals surface area contributed by atoms with Gasteiger partial charge in [-0.25, -0.2) is 0 Å². The molecule has 88 valence electrons. The third-order valence-corrected chi connectivity index (χ3v) is 2.31. The molecule has 0 radical (unpaired) electrons. The Balaban J connectivity index is 2.62. The Kier molecular flexibility index (Phi) is 4.31. The number of aliphatic hydroxyl groups excluding tert-OH is 1. The van der Waals surface area contributed by atoms with E-state index in [0.29, 0.717) is 6.54 Å². The van der Waals surface area contributed by atoms with Crippen LogP contribution in [0.2, 0.25) is 0 Å². The predicted molar refractivity (Wildman–Crippen MR) is 61.3 cm³/mol. The van der Waals surface area contributed by atoms with Crippen LogP contribution < -0.4 is 10.1 Å². The lowest BCUT2D eigenvalue weighted by Crippen LogP contribution is -2.31. The van der Waals surface area contributed by atoms with Gasteiger partial charge in [0.25, 0.3) is 0 Å². The maximum Gasteiger partial charge on any atom is 0.248 e. The minimum absolute atomic E-state index is 0.367. The van der Waals surface area contributed by atoms with Crippen LogP contribution in [-0.2, 0) is 11.3 Å². The fraction of sp³-hybridized carbons (Fsp3) is 0.417. The summed E-state index contributed by atoms with van der Waals surface area (Å²) in [5.74, 6) is 0.457. The minimum atomic E-state index is -0.973. The fourth-order valence-electron chi connectivity index (χ4n) is 1.39. The van der Waals surface area contributed by atoms with Crippen LogP contribution in [0.25, 0.3) is 0 Å². The number of methoxy groups -OCH3 is 1. The minimum Gasteiger partial charge on any atom is -0.496 e. The highest BCUT2D eigenvalue weighted by molar-refractivity contribution is 5.79. The molecule has 0 aliphatic rings. The van der Waals surface area contributed by atoms with Gasteiger partial charge in [0.05, 0.1) is 7.11 Å². The van der Waals surface area contributed by atoms with Gasteiger partial charge in [-0.1, -0.05) is 12.1 Å². The van der Waals surface area contributed by atoms with Gasteiger partial charge in [0.15, 0.2) is 0 Å². The summed E-state index contributed by atoms with van der Waals surface area (Å²) in [6.07, 6.45) is -0.973. The molecule has 0 fully saturated rings. The lowest BCUT2D eigenvalue weighted by molar-refractivity contribution is -0.128. The van der Waals surface area contributed by atoms with E-state index in [-0.39, 0.29) is 5.91 Å². The number of aryl methyl sites for hydroxylation is 1. The average molecular weight is 223 g/mol. The van der Waals surface area contributed by atoms with Gasteiger partial charge in [-0.3, -0.25) is 4.79 Å². The Morgan fingerprint density at radius 2 is 2.25 bits per heavy atom. The second-order valence-electron chi connectivity index (χ2n) is 3.70. The zero-order valence-corrected chi connectivity index (χ0v) is 9.78. The first kappa shape index (κ1) is 12.5. The molecule has 4 heteroatoms. The van der Waals surface area contributed by atoms with Crippen molar-refractivity contribution in [2.75, 3.05) is 7.11 Å². The Hall–Kier alpha value is -1.55. The van der Waals surface area contributed by atoms with Crippen molar-refractivity contribution < 1.29 is 14.6 Å². The first-order valence-corrected chi connectivity index (χ1v) is 5.14. The summed E-state index contributed by atoms with van der Waals surface area (Å²) >= 11 is 0. The van der Waals surface area contributed by atoms with Gasteiger partial charge in [-0.15, -0.1) is 0 Å². The van der Waals surface area contributed by atoms with E-state index < -0.39 is 6.10 Å². The summed E-state index contributed by atoms with van der Waals surface area (Å²) in [6.45, 7) is 3.79. The van der Waals surface area contributed by atoms with Crippen LogP contribution in [0.1, 0.15) is 18.1 Å². The third kappa shape index (κ3) is 3.24. The van der Waals surface area contributed by atoms with Crippen molar-refractivity contribution in [3.63, 3.8) is 0 Å². The molecule has 0 heterocycles. The van der Waals surface area contributed by atoms with Crippen molar-refractivity contribution in [2.24, 2.45) is 0 Å². The number of benzene rings is 1. The second kappa shape index (κ2) is 5.51. The molecule has 1 aromatic carbocycles.